The number of imide groups is 1. The number of ketones is 1. The van der Waals surface area contributed by atoms with Gasteiger partial charge in [0.1, 0.15) is 11.8 Å². The van der Waals surface area contributed by atoms with E-state index in [1.165, 1.54) is 11.1 Å². The second-order valence-electron chi connectivity index (χ2n) is 11.2. The van der Waals surface area contributed by atoms with Crippen molar-refractivity contribution in [3.05, 3.63) is 106 Å². The summed E-state index contributed by atoms with van der Waals surface area (Å²) in [7, 11) is 0. The van der Waals surface area contributed by atoms with Crippen molar-refractivity contribution in [1.29, 1.82) is 0 Å². The minimum atomic E-state index is -0.751. The lowest BCUT2D eigenvalue weighted by molar-refractivity contribution is -0.137. The summed E-state index contributed by atoms with van der Waals surface area (Å²) in [6.07, 6.45) is 2.44. The Morgan fingerprint density at radius 2 is 1.82 bits per heavy atom. The minimum Gasteiger partial charge on any atom is -0.511 e. The SMILES string of the molecule is Cc1cc(C(=O)Nc2cccc3c2CN(C2CCC(=O)NC2=O)C3=O)ccc1N=CC1=C(O)CC(c2ccccc2)CC1=O. The van der Waals surface area contributed by atoms with Crippen molar-refractivity contribution >= 4 is 47.0 Å². The molecule has 3 aromatic carbocycles. The van der Waals surface area contributed by atoms with Crippen molar-refractivity contribution in [3.8, 4) is 0 Å². The number of aryl methyl sites for hydroxylation is 1. The van der Waals surface area contributed by atoms with Gasteiger partial charge in [0.2, 0.25) is 11.8 Å². The summed E-state index contributed by atoms with van der Waals surface area (Å²) in [4.78, 5) is 69.0. The van der Waals surface area contributed by atoms with Crippen molar-refractivity contribution in [1.82, 2.24) is 10.2 Å². The largest absolute Gasteiger partial charge is 0.511 e. The molecule has 1 saturated heterocycles. The molecule has 0 bridgehead atoms. The van der Waals surface area contributed by atoms with Crippen LogP contribution in [0.15, 0.2) is 83.1 Å². The van der Waals surface area contributed by atoms with E-state index in [-0.39, 0.29) is 60.7 Å². The summed E-state index contributed by atoms with van der Waals surface area (Å²) in [5.74, 6) is -1.81. The molecule has 0 radical (unpaired) electrons. The minimum absolute atomic E-state index is 0.0116. The van der Waals surface area contributed by atoms with Crippen LogP contribution in [0.4, 0.5) is 11.4 Å². The zero-order valence-corrected chi connectivity index (χ0v) is 24.0. The van der Waals surface area contributed by atoms with Crippen molar-refractivity contribution in [2.45, 2.75) is 51.1 Å². The van der Waals surface area contributed by atoms with Gasteiger partial charge in [-0.05, 0) is 60.7 Å². The summed E-state index contributed by atoms with van der Waals surface area (Å²) in [6.45, 7) is 1.93. The number of aliphatic imine (C=N–C) groups is 1. The highest BCUT2D eigenvalue weighted by Gasteiger charge is 2.40. The molecule has 1 aliphatic carbocycles. The van der Waals surface area contributed by atoms with Gasteiger partial charge in [0.25, 0.3) is 11.8 Å². The molecule has 6 rings (SSSR count). The highest BCUT2D eigenvalue weighted by atomic mass is 16.3. The number of nitrogens with zero attached hydrogens (tertiary/aromatic N) is 2. The molecule has 2 unspecified atom stereocenters. The molecule has 3 N–H and O–H groups in total. The first kappa shape index (κ1) is 28.7. The fourth-order valence-electron chi connectivity index (χ4n) is 5.99. The monoisotopic (exact) mass is 590 g/mol. The van der Waals surface area contributed by atoms with E-state index in [2.05, 4.69) is 15.6 Å². The van der Waals surface area contributed by atoms with Crippen LogP contribution in [0.5, 0.6) is 0 Å². The third-order valence-electron chi connectivity index (χ3n) is 8.38. The fourth-order valence-corrected chi connectivity index (χ4v) is 5.99. The van der Waals surface area contributed by atoms with Crippen LogP contribution in [-0.4, -0.2) is 51.7 Å². The topological polar surface area (TPSA) is 145 Å². The Balaban J connectivity index is 1.15. The molecule has 1 fully saturated rings. The third-order valence-corrected chi connectivity index (χ3v) is 8.38. The first-order chi connectivity index (χ1) is 21.2. The van der Waals surface area contributed by atoms with Crippen LogP contribution in [-0.2, 0) is 20.9 Å². The number of aliphatic hydroxyl groups is 1. The van der Waals surface area contributed by atoms with Crippen LogP contribution in [0.3, 0.4) is 0 Å². The molecule has 3 aliphatic rings. The molecule has 2 atom stereocenters. The first-order valence-corrected chi connectivity index (χ1v) is 14.4. The maximum absolute atomic E-state index is 13.2. The highest BCUT2D eigenvalue weighted by molar-refractivity contribution is 6.15. The predicted octanol–water partition coefficient (Wildman–Crippen LogP) is 4.67. The quantitative estimate of drug-likeness (QED) is 0.281. The Bertz CT molecular complexity index is 1780. The Hall–Kier alpha value is -5.38. The lowest BCUT2D eigenvalue weighted by atomic mass is 9.83. The molecule has 222 valence electrons. The van der Waals surface area contributed by atoms with Crippen molar-refractivity contribution in [2.24, 2.45) is 4.99 Å². The average molecular weight is 591 g/mol. The summed E-state index contributed by atoms with van der Waals surface area (Å²) < 4.78 is 0. The molecule has 44 heavy (non-hydrogen) atoms. The van der Waals surface area contributed by atoms with E-state index < -0.39 is 17.9 Å². The standard InChI is InChI=1S/C34H30N4O6/c1-19-14-21(10-11-26(19)35-17-24-29(39)15-22(16-30(24)40)20-6-3-2-4-7-20)32(42)36-27-9-5-8-23-25(27)18-38(34(23)44)28-12-13-31(41)37-33(28)43/h2-11,14,17,22,28,39H,12-13,15-16,18H2,1H3,(H,36,42)(H,37,41,43). The smallest absolute Gasteiger partial charge is 0.255 e. The maximum Gasteiger partial charge on any atom is 0.255 e. The number of anilines is 1. The van der Waals surface area contributed by atoms with Crippen LogP contribution < -0.4 is 10.6 Å². The molecule has 10 heteroatoms. The predicted molar refractivity (Wildman–Crippen MR) is 163 cm³/mol. The number of hydrogen-bond acceptors (Lipinski definition) is 7. The first-order valence-electron chi connectivity index (χ1n) is 14.4. The van der Waals surface area contributed by atoms with Crippen molar-refractivity contribution in [3.63, 3.8) is 0 Å². The number of hydrogen-bond donors (Lipinski definition) is 3. The van der Waals surface area contributed by atoms with Crippen LogP contribution in [0.25, 0.3) is 0 Å². The molecule has 0 aromatic heterocycles. The van der Waals surface area contributed by atoms with Crippen LogP contribution in [0.1, 0.15) is 69.0 Å². The number of fused-ring (bicyclic) bond motifs is 1. The second kappa shape index (κ2) is 11.7. The third kappa shape index (κ3) is 5.54. The van der Waals surface area contributed by atoms with Gasteiger partial charge in [-0.2, -0.15) is 0 Å². The number of amides is 4. The Kier molecular flexibility index (Phi) is 7.65. The molecule has 2 heterocycles. The molecule has 2 aliphatic heterocycles. The second-order valence-corrected chi connectivity index (χ2v) is 11.2. The number of nitrogens with one attached hydrogen (secondary N) is 2. The number of rotatable bonds is 6. The zero-order valence-electron chi connectivity index (χ0n) is 24.0. The van der Waals surface area contributed by atoms with Gasteiger partial charge in [-0.25, -0.2) is 0 Å². The lowest BCUT2D eigenvalue weighted by Gasteiger charge is -2.29. The van der Waals surface area contributed by atoms with Gasteiger partial charge in [-0.15, -0.1) is 0 Å². The summed E-state index contributed by atoms with van der Waals surface area (Å²) in [6, 6.07) is 18.9. The molecule has 4 amide bonds. The number of allylic oxidation sites excluding steroid dienone is 2. The number of carbonyl (C=O) groups is 5. The Labute approximate surface area is 253 Å². The zero-order chi connectivity index (χ0) is 31.0. The number of benzene rings is 3. The van der Waals surface area contributed by atoms with E-state index in [0.29, 0.717) is 40.0 Å². The van der Waals surface area contributed by atoms with Crippen molar-refractivity contribution < 1.29 is 29.1 Å². The fraction of sp³-hybridized carbons (Fsp3) is 0.235. The van der Waals surface area contributed by atoms with Crippen LogP contribution in [0.2, 0.25) is 0 Å². The van der Waals surface area contributed by atoms with Gasteiger partial charge in [0.15, 0.2) is 5.78 Å². The molecule has 0 saturated carbocycles. The molecule has 3 aromatic rings. The van der Waals surface area contributed by atoms with E-state index in [0.717, 1.165) is 5.56 Å². The molecular weight excluding hydrogens is 560 g/mol. The number of Topliss-reactive ketones (excluding diaryl/α,β-unsaturated/α-hetero) is 1. The summed E-state index contributed by atoms with van der Waals surface area (Å²) >= 11 is 0. The van der Waals surface area contributed by atoms with Gasteiger partial charge in [0, 0.05) is 54.4 Å². The summed E-state index contributed by atoms with van der Waals surface area (Å²) in [5.41, 5.74) is 4.27. The van der Waals surface area contributed by atoms with E-state index in [9.17, 15) is 29.1 Å². The van der Waals surface area contributed by atoms with Crippen molar-refractivity contribution in [2.75, 3.05) is 5.32 Å². The normalized spacial score (nSPS) is 20.2. The Morgan fingerprint density at radius 1 is 1.02 bits per heavy atom. The van der Waals surface area contributed by atoms with E-state index in [1.54, 1.807) is 43.3 Å². The van der Waals surface area contributed by atoms with E-state index in [1.807, 2.05) is 30.3 Å². The van der Waals surface area contributed by atoms with Gasteiger partial charge in [-0.3, -0.25) is 34.3 Å². The van der Waals surface area contributed by atoms with E-state index in [4.69, 9.17) is 0 Å². The number of aliphatic hydroxyl groups excluding tert-OH is 1. The van der Waals surface area contributed by atoms with Crippen LogP contribution >= 0.6 is 0 Å². The lowest BCUT2D eigenvalue weighted by Crippen LogP contribution is -2.52. The summed E-state index contributed by atoms with van der Waals surface area (Å²) in [5, 5.41) is 15.8. The van der Waals surface area contributed by atoms with Gasteiger partial charge < -0.3 is 15.3 Å². The van der Waals surface area contributed by atoms with E-state index >= 15 is 0 Å². The maximum atomic E-state index is 13.2. The van der Waals surface area contributed by atoms with Crippen LogP contribution in [0, 0.1) is 6.92 Å². The number of carbonyl (C=O) groups excluding carboxylic acids is 5. The molecule has 10 nitrogen and oxygen atoms in total. The molecule has 0 spiro atoms. The van der Waals surface area contributed by atoms with Gasteiger partial charge in [-0.1, -0.05) is 36.4 Å². The Morgan fingerprint density at radius 3 is 2.55 bits per heavy atom. The number of piperidine rings is 1. The average Bonchev–Trinajstić information content (AvgIpc) is 3.34. The highest BCUT2D eigenvalue weighted by Crippen LogP contribution is 2.34. The molecular formula is C34H30N4O6. The van der Waals surface area contributed by atoms with Gasteiger partial charge >= 0.3 is 0 Å². The van der Waals surface area contributed by atoms with Gasteiger partial charge in [0.05, 0.1) is 11.3 Å².